The van der Waals surface area contributed by atoms with Crippen molar-refractivity contribution in [3.05, 3.63) is 42.2 Å². The van der Waals surface area contributed by atoms with Gasteiger partial charge < -0.3 is 10.6 Å². The first-order valence-corrected chi connectivity index (χ1v) is 8.14. The molecule has 1 aliphatic rings. The smallest absolute Gasteiger partial charge is 0.324 e. The summed E-state index contributed by atoms with van der Waals surface area (Å²) in [6.45, 7) is 2.76. The monoisotopic (exact) mass is 388 g/mol. The highest BCUT2D eigenvalue weighted by atomic mass is 35.5. The number of amides is 1. The van der Waals surface area contributed by atoms with Crippen molar-refractivity contribution in [3.8, 4) is 5.69 Å². The molecule has 0 bridgehead atoms. The number of nitrogens with zero attached hydrogens (tertiary/aromatic N) is 2. The average Bonchev–Trinajstić information content (AvgIpc) is 3.25. The maximum Gasteiger partial charge on any atom is 0.433 e. The zero-order chi connectivity index (χ0) is 18.1. The summed E-state index contributed by atoms with van der Waals surface area (Å²) in [5, 5.41) is 9.82. The molecule has 1 aromatic heterocycles. The van der Waals surface area contributed by atoms with Crippen molar-refractivity contribution in [2.24, 2.45) is 0 Å². The highest BCUT2D eigenvalue weighted by Gasteiger charge is 2.39. The van der Waals surface area contributed by atoms with E-state index in [4.69, 9.17) is 0 Å². The number of hydrogen-bond acceptors (Lipinski definition) is 3. The molecule has 5 nitrogen and oxygen atoms in total. The summed E-state index contributed by atoms with van der Waals surface area (Å²) in [6.07, 6.45) is -0.977. The highest BCUT2D eigenvalue weighted by Crippen LogP contribution is 2.31. The number of nitrogens with one attached hydrogen (secondary N) is 2. The Hall–Kier alpha value is -2.06. The maximum atomic E-state index is 12.9. The second kappa shape index (κ2) is 7.67. The molecule has 0 radical (unpaired) electrons. The van der Waals surface area contributed by atoms with E-state index in [1.165, 1.54) is 12.1 Å². The van der Waals surface area contributed by atoms with Crippen molar-refractivity contribution in [2.45, 2.75) is 37.9 Å². The number of anilines is 1. The van der Waals surface area contributed by atoms with Gasteiger partial charge in [0.1, 0.15) is 5.69 Å². The molecule has 3 rings (SSSR count). The summed E-state index contributed by atoms with van der Waals surface area (Å²) in [6, 6.07) is 7.07. The van der Waals surface area contributed by atoms with Crippen molar-refractivity contribution in [2.75, 3.05) is 11.9 Å². The van der Waals surface area contributed by atoms with E-state index in [2.05, 4.69) is 15.7 Å². The zero-order valence-electron chi connectivity index (χ0n) is 14.1. The Morgan fingerprint density at radius 1 is 1.31 bits per heavy atom. The number of aromatic nitrogens is 2. The molecular weight excluding hydrogens is 369 g/mol. The van der Waals surface area contributed by atoms with Gasteiger partial charge in [-0.1, -0.05) is 6.92 Å². The van der Waals surface area contributed by atoms with Gasteiger partial charge in [-0.3, -0.25) is 4.79 Å². The number of carbonyl (C=O) groups is 1. The van der Waals surface area contributed by atoms with Gasteiger partial charge in [0.25, 0.3) is 0 Å². The van der Waals surface area contributed by atoms with Gasteiger partial charge >= 0.3 is 6.18 Å². The molecule has 0 spiro atoms. The highest BCUT2D eigenvalue weighted by molar-refractivity contribution is 5.98. The molecule has 1 saturated heterocycles. The number of rotatable bonds is 4. The number of alkyl halides is 3. The zero-order valence-corrected chi connectivity index (χ0v) is 15.0. The van der Waals surface area contributed by atoms with Crippen LogP contribution < -0.4 is 10.6 Å². The molecule has 9 heteroatoms. The minimum atomic E-state index is -4.48. The molecule has 0 saturated carbocycles. The molecule has 142 valence electrons. The first-order valence-electron chi connectivity index (χ1n) is 8.14. The minimum Gasteiger partial charge on any atom is -0.324 e. The molecule has 1 aromatic carbocycles. The van der Waals surface area contributed by atoms with E-state index < -0.39 is 17.4 Å². The van der Waals surface area contributed by atoms with Gasteiger partial charge in [0, 0.05) is 5.69 Å². The third-order valence-electron chi connectivity index (χ3n) is 4.58. The van der Waals surface area contributed by atoms with Crippen LogP contribution in [0.2, 0.25) is 0 Å². The topological polar surface area (TPSA) is 59.0 Å². The van der Waals surface area contributed by atoms with Gasteiger partial charge in [0.05, 0.1) is 17.4 Å². The van der Waals surface area contributed by atoms with E-state index >= 15 is 0 Å². The fourth-order valence-electron chi connectivity index (χ4n) is 3.12. The van der Waals surface area contributed by atoms with E-state index in [1.54, 1.807) is 12.1 Å². The third kappa shape index (κ3) is 3.86. The molecule has 2 heterocycles. The van der Waals surface area contributed by atoms with Crippen LogP contribution in [-0.2, 0) is 11.0 Å². The summed E-state index contributed by atoms with van der Waals surface area (Å²) in [5.74, 6) is -0.115. The first-order chi connectivity index (χ1) is 11.9. The Balaban J connectivity index is 0.00000243. The summed E-state index contributed by atoms with van der Waals surface area (Å²) in [5.41, 5.74) is -0.593. The number of hydrogen-bond donors (Lipinski definition) is 2. The molecule has 1 atom stereocenters. The molecule has 1 aliphatic heterocycles. The molecule has 1 fully saturated rings. The van der Waals surface area contributed by atoms with Crippen LogP contribution in [0.25, 0.3) is 5.69 Å². The largest absolute Gasteiger partial charge is 0.433 e. The summed E-state index contributed by atoms with van der Waals surface area (Å²) in [7, 11) is 0. The van der Waals surface area contributed by atoms with Crippen molar-refractivity contribution < 1.29 is 18.0 Å². The molecule has 26 heavy (non-hydrogen) atoms. The summed E-state index contributed by atoms with van der Waals surface area (Å²) < 4.78 is 39.7. The third-order valence-corrected chi connectivity index (χ3v) is 4.58. The number of carbonyl (C=O) groups excluding carboxylic acids is 1. The molecule has 1 unspecified atom stereocenters. The average molecular weight is 389 g/mol. The molecule has 0 aliphatic carbocycles. The molecule has 2 N–H and O–H groups in total. The fraction of sp³-hybridized carbons (Fsp3) is 0.412. The lowest BCUT2D eigenvalue weighted by Gasteiger charge is -2.26. The van der Waals surface area contributed by atoms with Gasteiger partial charge in [0.15, 0.2) is 0 Å². The van der Waals surface area contributed by atoms with Crippen LogP contribution in [0.15, 0.2) is 36.5 Å². The van der Waals surface area contributed by atoms with Crippen LogP contribution in [0.3, 0.4) is 0 Å². The Kier molecular flexibility index (Phi) is 5.98. The summed E-state index contributed by atoms with van der Waals surface area (Å²) >= 11 is 0. The van der Waals surface area contributed by atoms with Gasteiger partial charge in [-0.05, 0) is 56.1 Å². The lowest BCUT2D eigenvalue weighted by atomic mass is 9.93. The van der Waals surface area contributed by atoms with Gasteiger partial charge in [-0.15, -0.1) is 12.4 Å². The van der Waals surface area contributed by atoms with Crippen molar-refractivity contribution in [1.29, 1.82) is 0 Å². The second-order valence-corrected chi connectivity index (χ2v) is 6.09. The minimum absolute atomic E-state index is 0. The predicted octanol–water partition coefficient (Wildman–Crippen LogP) is 3.78. The van der Waals surface area contributed by atoms with Crippen LogP contribution in [0, 0.1) is 0 Å². The van der Waals surface area contributed by atoms with Gasteiger partial charge in [-0.25, -0.2) is 4.68 Å². The Bertz CT molecular complexity index is 752. The van der Waals surface area contributed by atoms with Crippen LogP contribution >= 0.6 is 12.4 Å². The lowest BCUT2D eigenvalue weighted by molar-refractivity contribution is -0.142. The van der Waals surface area contributed by atoms with Crippen LogP contribution in [0.1, 0.15) is 31.9 Å². The Morgan fingerprint density at radius 3 is 2.54 bits per heavy atom. The maximum absolute atomic E-state index is 12.9. The molecule has 1 amide bonds. The van der Waals surface area contributed by atoms with E-state index in [0.29, 0.717) is 12.1 Å². The molecular formula is C17H20ClF3N4O. The lowest BCUT2D eigenvalue weighted by Crippen LogP contribution is -2.50. The van der Waals surface area contributed by atoms with E-state index in [9.17, 15) is 18.0 Å². The van der Waals surface area contributed by atoms with Crippen LogP contribution in [-0.4, -0.2) is 27.8 Å². The fourth-order valence-corrected chi connectivity index (χ4v) is 3.12. The van der Waals surface area contributed by atoms with Crippen LogP contribution in [0.5, 0.6) is 0 Å². The summed E-state index contributed by atoms with van der Waals surface area (Å²) in [4.78, 5) is 12.5. The standard InChI is InChI=1S/C17H19F3N4O.ClH/c1-2-16(9-3-10-21-16)15(25)23-12-4-6-13(7-5-12)24-14(8-11-22-24)17(18,19)20;/h4-8,11,21H,2-3,9-10H2,1H3,(H,23,25);1H. The second-order valence-electron chi connectivity index (χ2n) is 6.09. The van der Waals surface area contributed by atoms with Crippen LogP contribution in [0.4, 0.5) is 18.9 Å². The van der Waals surface area contributed by atoms with E-state index in [1.807, 2.05) is 6.92 Å². The molecule has 2 aromatic rings. The van der Waals surface area contributed by atoms with E-state index in [0.717, 1.165) is 36.3 Å². The van der Waals surface area contributed by atoms with Crippen molar-refractivity contribution >= 4 is 24.0 Å². The SMILES string of the molecule is CCC1(C(=O)Nc2ccc(-n3nccc3C(F)(F)F)cc2)CCCN1.Cl. The normalized spacial score (nSPS) is 19.8. The Morgan fingerprint density at radius 2 is 2.00 bits per heavy atom. The van der Waals surface area contributed by atoms with E-state index in [-0.39, 0.29) is 24.0 Å². The van der Waals surface area contributed by atoms with Gasteiger partial charge in [-0.2, -0.15) is 18.3 Å². The van der Waals surface area contributed by atoms with Crippen molar-refractivity contribution in [3.63, 3.8) is 0 Å². The Labute approximate surface area is 155 Å². The van der Waals surface area contributed by atoms with Gasteiger partial charge in [0.2, 0.25) is 5.91 Å². The number of halogens is 4. The predicted molar refractivity (Wildman–Crippen MR) is 94.7 cm³/mol. The quantitative estimate of drug-likeness (QED) is 0.838. The number of benzene rings is 1. The van der Waals surface area contributed by atoms with Crippen molar-refractivity contribution in [1.82, 2.24) is 15.1 Å². The first kappa shape index (κ1) is 20.3.